The first kappa shape index (κ1) is 13.9. The van der Waals surface area contributed by atoms with Gasteiger partial charge in [-0.2, -0.15) is 5.10 Å². The lowest BCUT2D eigenvalue weighted by Gasteiger charge is -2.40. The van der Waals surface area contributed by atoms with Gasteiger partial charge < -0.3 is 15.0 Å². The number of hydrogen-bond acceptors (Lipinski definition) is 5. The minimum absolute atomic E-state index is 0.0459. The van der Waals surface area contributed by atoms with Crippen LogP contribution in [0.15, 0.2) is 12.1 Å². The first-order valence-corrected chi connectivity index (χ1v) is 8.27. The van der Waals surface area contributed by atoms with Crippen molar-refractivity contribution < 1.29 is 9.53 Å². The molecule has 1 unspecified atom stereocenters. The van der Waals surface area contributed by atoms with Crippen LogP contribution in [0.3, 0.4) is 0 Å². The van der Waals surface area contributed by atoms with Crippen molar-refractivity contribution in [3.63, 3.8) is 0 Å². The number of nitrogens with zero attached hydrogens (tertiary/aromatic N) is 3. The molecule has 0 radical (unpaired) electrons. The molecule has 118 valence electrons. The molecule has 3 fully saturated rings. The van der Waals surface area contributed by atoms with Crippen molar-refractivity contribution in [2.24, 2.45) is 5.92 Å². The third kappa shape index (κ3) is 2.92. The summed E-state index contributed by atoms with van der Waals surface area (Å²) in [6.07, 6.45) is 4.13. The Labute approximate surface area is 130 Å². The van der Waals surface area contributed by atoms with E-state index in [0.29, 0.717) is 18.4 Å². The van der Waals surface area contributed by atoms with Crippen molar-refractivity contribution in [3.05, 3.63) is 17.8 Å². The molecule has 6 nitrogen and oxygen atoms in total. The van der Waals surface area contributed by atoms with E-state index in [0.717, 1.165) is 44.0 Å². The van der Waals surface area contributed by atoms with Crippen molar-refractivity contribution in [1.29, 1.82) is 0 Å². The van der Waals surface area contributed by atoms with Gasteiger partial charge in [-0.15, -0.1) is 5.10 Å². The minimum Gasteiger partial charge on any atom is -0.368 e. The van der Waals surface area contributed by atoms with Crippen LogP contribution >= 0.6 is 0 Å². The molecule has 4 rings (SSSR count). The van der Waals surface area contributed by atoms with E-state index in [1.54, 1.807) is 0 Å². The molecule has 6 heteroatoms. The van der Waals surface area contributed by atoms with Gasteiger partial charge in [-0.25, -0.2) is 0 Å². The Balaban J connectivity index is 1.21. The van der Waals surface area contributed by atoms with Crippen LogP contribution in [0.2, 0.25) is 0 Å². The first-order valence-electron chi connectivity index (χ1n) is 8.27. The van der Waals surface area contributed by atoms with Crippen LogP contribution in [0.4, 0.5) is 5.82 Å². The van der Waals surface area contributed by atoms with E-state index in [9.17, 15) is 4.79 Å². The second-order valence-electron chi connectivity index (χ2n) is 6.61. The zero-order chi connectivity index (χ0) is 14.9. The second-order valence-corrected chi connectivity index (χ2v) is 6.61. The van der Waals surface area contributed by atoms with Gasteiger partial charge in [0.15, 0.2) is 5.82 Å². The average Bonchev–Trinajstić information content (AvgIpc) is 3.20. The lowest BCUT2D eigenvalue weighted by Crippen LogP contribution is -2.52. The van der Waals surface area contributed by atoms with Crippen LogP contribution in [-0.4, -0.2) is 48.4 Å². The number of aromatic nitrogens is 2. The fourth-order valence-corrected chi connectivity index (χ4v) is 3.13. The molecule has 2 saturated heterocycles. The Morgan fingerprint density at radius 2 is 2.14 bits per heavy atom. The molecule has 1 amide bonds. The number of carbonyl (C=O) groups is 1. The van der Waals surface area contributed by atoms with Gasteiger partial charge in [-0.3, -0.25) is 4.79 Å². The zero-order valence-electron chi connectivity index (χ0n) is 12.7. The molecular formula is C16H22N4O2. The molecule has 1 saturated carbocycles. The summed E-state index contributed by atoms with van der Waals surface area (Å²) in [5.74, 6) is 2.14. The Morgan fingerprint density at radius 3 is 2.77 bits per heavy atom. The summed E-state index contributed by atoms with van der Waals surface area (Å²) in [5, 5.41) is 11.6. The third-order valence-electron chi connectivity index (χ3n) is 4.73. The van der Waals surface area contributed by atoms with E-state index < -0.39 is 0 Å². The molecule has 3 heterocycles. The fraction of sp³-hybridized carbons (Fsp3) is 0.688. The molecule has 1 atom stereocenters. The van der Waals surface area contributed by atoms with Gasteiger partial charge in [-0.05, 0) is 37.8 Å². The molecule has 1 N–H and O–H groups in total. The molecule has 2 aliphatic heterocycles. The van der Waals surface area contributed by atoms with Gasteiger partial charge in [0.25, 0.3) is 0 Å². The molecule has 0 bridgehead atoms. The SMILES string of the molecule is O=C(NCC1CN(c2ccc(C3CC3)nn2)C1)C1CCCO1. The number of hydrogen-bond donors (Lipinski definition) is 1. The minimum atomic E-state index is -0.225. The van der Waals surface area contributed by atoms with E-state index in [1.807, 2.05) is 0 Å². The topological polar surface area (TPSA) is 67.4 Å². The fourth-order valence-electron chi connectivity index (χ4n) is 3.13. The van der Waals surface area contributed by atoms with E-state index in [1.165, 1.54) is 12.8 Å². The molecule has 1 aromatic rings. The molecule has 3 aliphatic rings. The van der Waals surface area contributed by atoms with Crippen molar-refractivity contribution in [2.45, 2.75) is 37.7 Å². The number of rotatable bonds is 5. The third-order valence-corrected chi connectivity index (χ3v) is 4.73. The monoisotopic (exact) mass is 302 g/mol. The highest BCUT2D eigenvalue weighted by Crippen LogP contribution is 2.38. The van der Waals surface area contributed by atoms with Gasteiger partial charge in [0.2, 0.25) is 5.91 Å². The largest absolute Gasteiger partial charge is 0.368 e. The van der Waals surface area contributed by atoms with E-state index in [2.05, 4.69) is 32.5 Å². The number of nitrogens with one attached hydrogen (secondary N) is 1. The van der Waals surface area contributed by atoms with Gasteiger partial charge in [0.05, 0.1) is 5.69 Å². The smallest absolute Gasteiger partial charge is 0.249 e. The Bertz CT molecular complexity index is 532. The van der Waals surface area contributed by atoms with Crippen LogP contribution in [0.5, 0.6) is 0 Å². The van der Waals surface area contributed by atoms with Crippen LogP contribution in [0, 0.1) is 5.92 Å². The first-order chi connectivity index (χ1) is 10.8. The van der Waals surface area contributed by atoms with E-state index in [4.69, 9.17) is 4.74 Å². The number of ether oxygens (including phenoxy) is 1. The molecular weight excluding hydrogens is 280 g/mol. The molecule has 0 spiro atoms. The molecule has 0 aromatic carbocycles. The highest BCUT2D eigenvalue weighted by atomic mass is 16.5. The van der Waals surface area contributed by atoms with Crippen molar-refractivity contribution in [1.82, 2.24) is 15.5 Å². The van der Waals surface area contributed by atoms with Crippen LogP contribution in [-0.2, 0) is 9.53 Å². The Hall–Kier alpha value is -1.69. The molecule has 1 aromatic heterocycles. The zero-order valence-corrected chi connectivity index (χ0v) is 12.7. The maximum atomic E-state index is 11.9. The summed E-state index contributed by atoms with van der Waals surface area (Å²) in [6.45, 7) is 3.31. The molecule has 1 aliphatic carbocycles. The lowest BCUT2D eigenvalue weighted by atomic mass is 10.00. The summed E-state index contributed by atoms with van der Waals surface area (Å²) in [6, 6.07) is 4.17. The quantitative estimate of drug-likeness (QED) is 0.882. The van der Waals surface area contributed by atoms with Crippen LogP contribution in [0.1, 0.15) is 37.3 Å². The normalized spacial score (nSPS) is 25.1. The number of anilines is 1. The van der Waals surface area contributed by atoms with Crippen molar-refractivity contribution in [2.75, 3.05) is 31.1 Å². The van der Waals surface area contributed by atoms with Gasteiger partial charge in [0, 0.05) is 38.1 Å². The predicted octanol–water partition coefficient (Wildman–Crippen LogP) is 1.09. The Kier molecular flexibility index (Phi) is 3.70. The number of amides is 1. The van der Waals surface area contributed by atoms with E-state index >= 15 is 0 Å². The maximum absolute atomic E-state index is 11.9. The van der Waals surface area contributed by atoms with Crippen LogP contribution < -0.4 is 10.2 Å². The molecule has 22 heavy (non-hydrogen) atoms. The maximum Gasteiger partial charge on any atom is 0.249 e. The second kappa shape index (κ2) is 5.83. The highest BCUT2D eigenvalue weighted by molar-refractivity contribution is 5.80. The van der Waals surface area contributed by atoms with Crippen molar-refractivity contribution in [3.8, 4) is 0 Å². The average molecular weight is 302 g/mol. The highest BCUT2D eigenvalue weighted by Gasteiger charge is 2.31. The number of carbonyl (C=O) groups excluding carboxylic acids is 1. The van der Waals surface area contributed by atoms with Gasteiger partial charge in [-0.1, -0.05) is 0 Å². The van der Waals surface area contributed by atoms with E-state index in [-0.39, 0.29) is 12.0 Å². The summed E-state index contributed by atoms with van der Waals surface area (Å²) >= 11 is 0. The lowest BCUT2D eigenvalue weighted by molar-refractivity contribution is -0.130. The predicted molar refractivity (Wildman–Crippen MR) is 81.7 cm³/mol. The summed E-state index contributed by atoms with van der Waals surface area (Å²) in [4.78, 5) is 14.1. The summed E-state index contributed by atoms with van der Waals surface area (Å²) < 4.78 is 5.38. The van der Waals surface area contributed by atoms with Crippen molar-refractivity contribution >= 4 is 11.7 Å². The summed E-state index contributed by atoms with van der Waals surface area (Å²) in [7, 11) is 0. The standard InChI is InChI=1S/C16H22N4O2/c21-16(14-2-1-7-22-14)17-8-11-9-20(10-11)15-6-5-13(18-19-15)12-3-4-12/h5-6,11-12,14H,1-4,7-10H2,(H,17,21). The van der Waals surface area contributed by atoms with Gasteiger partial charge >= 0.3 is 0 Å². The summed E-state index contributed by atoms with van der Waals surface area (Å²) in [5.41, 5.74) is 1.13. The van der Waals surface area contributed by atoms with Gasteiger partial charge in [0.1, 0.15) is 6.10 Å². The van der Waals surface area contributed by atoms with Crippen LogP contribution in [0.25, 0.3) is 0 Å². The Morgan fingerprint density at radius 1 is 1.27 bits per heavy atom.